The van der Waals surface area contributed by atoms with Gasteiger partial charge in [0.25, 0.3) is 0 Å². The van der Waals surface area contributed by atoms with E-state index in [1.807, 2.05) is 12.4 Å². The highest BCUT2D eigenvalue weighted by Gasteiger charge is 2.24. The molecule has 4 heteroatoms. The molecule has 26 heavy (non-hydrogen) atoms. The summed E-state index contributed by atoms with van der Waals surface area (Å²) in [6, 6.07) is 8.33. The first-order valence-electron chi connectivity index (χ1n) is 10.5. The van der Waals surface area contributed by atoms with Crippen LogP contribution < -0.4 is 0 Å². The molecule has 1 aliphatic carbocycles. The number of hydrogen-bond donors (Lipinski definition) is 0. The van der Waals surface area contributed by atoms with Gasteiger partial charge in [-0.25, -0.2) is 4.98 Å². The molecule has 2 aliphatic rings. The second kappa shape index (κ2) is 8.24. The fourth-order valence-electron chi connectivity index (χ4n) is 4.76. The summed E-state index contributed by atoms with van der Waals surface area (Å²) in [4.78, 5) is 19.2. The highest BCUT2D eigenvalue weighted by molar-refractivity contribution is 5.76. The maximum Gasteiger partial charge on any atom is 0.222 e. The van der Waals surface area contributed by atoms with Crippen molar-refractivity contribution in [2.45, 2.75) is 64.3 Å². The number of carbonyl (C=O) groups excluding carboxylic acids is 1. The lowest BCUT2D eigenvalue weighted by atomic mass is 9.86. The van der Waals surface area contributed by atoms with Crippen molar-refractivity contribution in [1.29, 1.82) is 0 Å². The summed E-state index contributed by atoms with van der Waals surface area (Å²) in [6.07, 6.45) is 12.9. The van der Waals surface area contributed by atoms with E-state index in [0.717, 1.165) is 56.8 Å². The Morgan fingerprint density at radius 3 is 2.58 bits per heavy atom. The van der Waals surface area contributed by atoms with Crippen LogP contribution in [0.25, 0.3) is 11.0 Å². The van der Waals surface area contributed by atoms with Gasteiger partial charge in [-0.3, -0.25) is 4.79 Å². The van der Waals surface area contributed by atoms with Gasteiger partial charge >= 0.3 is 0 Å². The minimum atomic E-state index is 0.391. The fraction of sp³-hybridized carbons (Fsp3) is 0.636. The molecule has 1 saturated carbocycles. The van der Waals surface area contributed by atoms with Crippen LogP contribution in [0, 0.1) is 11.8 Å². The molecule has 0 radical (unpaired) electrons. The fourth-order valence-corrected chi connectivity index (χ4v) is 4.76. The molecule has 1 aliphatic heterocycles. The Morgan fingerprint density at radius 1 is 1.00 bits per heavy atom. The van der Waals surface area contributed by atoms with E-state index in [2.05, 4.69) is 32.7 Å². The van der Waals surface area contributed by atoms with Gasteiger partial charge in [-0.15, -0.1) is 0 Å². The average Bonchev–Trinajstić information content (AvgIpc) is 3.10. The number of aromatic nitrogens is 2. The normalized spacial score (nSPS) is 19.9. The Labute approximate surface area is 156 Å². The van der Waals surface area contributed by atoms with Crippen LogP contribution in [-0.4, -0.2) is 33.4 Å². The molecule has 1 amide bonds. The SMILES string of the molecule is O=C(CCC1CCCCC1)N1CCC(Cn2cnc3ccccc32)CC1. The number of hydrogen-bond acceptors (Lipinski definition) is 2. The van der Waals surface area contributed by atoms with Crippen molar-refractivity contribution in [2.24, 2.45) is 11.8 Å². The number of piperidine rings is 1. The lowest BCUT2D eigenvalue weighted by Crippen LogP contribution is -2.39. The van der Waals surface area contributed by atoms with E-state index in [1.165, 1.54) is 37.6 Å². The number of para-hydroxylation sites is 2. The summed E-state index contributed by atoms with van der Waals surface area (Å²) >= 11 is 0. The molecular weight excluding hydrogens is 322 g/mol. The maximum atomic E-state index is 12.5. The molecule has 0 unspecified atom stereocenters. The number of likely N-dealkylation sites (tertiary alicyclic amines) is 1. The van der Waals surface area contributed by atoms with Crippen LogP contribution in [0.3, 0.4) is 0 Å². The summed E-state index contributed by atoms with van der Waals surface area (Å²) in [5.41, 5.74) is 2.29. The monoisotopic (exact) mass is 353 g/mol. The predicted molar refractivity (Wildman–Crippen MR) is 105 cm³/mol. The van der Waals surface area contributed by atoms with Gasteiger partial charge in [-0.2, -0.15) is 0 Å². The van der Waals surface area contributed by atoms with Crippen molar-refractivity contribution in [1.82, 2.24) is 14.5 Å². The number of rotatable bonds is 5. The second-order valence-corrected chi connectivity index (χ2v) is 8.25. The van der Waals surface area contributed by atoms with Gasteiger partial charge < -0.3 is 9.47 Å². The van der Waals surface area contributed by atoms with Crippen LogP contribution in [0.15, 0.2) is 30.6 Å². The Bertz CT molecular complexity index is 724. The van der Waals surface area contributed by atoms with E-state index >= 15 is 0 Å². The van der Waals surface area contributed by atoms with Crippen LogP contribution in [0.4, 0.5) is 0 Å². The number of carbonyl (C=O) groups is 1. The molecular formula is C22H31N3O. The quantitative estimate of drug-likeness (QED) is 0.786. The summed E-state index contributed by atoms with van der Waals surface area (Å²) in [5, 5.41) is 0. The van der Waals surface area contributed by atoms with Gasteiger partial charge in [0, 0.05) is 26.1 Å². The summed E-state index contributed by atoms with van der Waals surface area (Å²) in [6.45, 7) is 2.88. The molecule has 1 aromatic carbocycles. The topological polar surface area (TPSA) is 38.1 Å². The molecule has 140 valence electrons. The van der Waals surface area contributed by atoms with Crippen LogP contribution in [0.5, 0.6) is 0 Å². The minimum Gasteiger partial charge on any atom is -0.343 e. The molecule has 2 heterocycles. The number of imidazole rings is 1. The standard InChI is InChI=1S/C22H31N3O/c26-22(11-10-18-6-2-1-3-7-18)24-14-12-19(13-15-24)16-25-17-23-20-8-4-5-9-21(20)25/h4-5,8-9,17-19H,1-3,6-7,10-16H2. The number of benzene rings is 1. The number of nitrogens with zero attached hydrogens (tertiary/aromatic N) is 3. The predicted octanol–water partition coefficient (Wildman–Crippen LogP) is 4.64. The van der Waals surface area contributed by atoms with Gasteiger partial charge in [0.1, 0.15) is 0 Å². The van der Waals surface area contributed by atoms with E-state index in [9.17, 15) is 4.79 Å². The van der Waals surface area contributed by atoms with Crippen molar-refractivity contribution < 1.29 is 4.79 Å². The molecule has 2 fully saturated rings. The molecule has 4 nitrogen and oxygen atoms in total. The zero-order chi connectivity index (χ0) is 17.8. The molecule has 2 aromatic rings. The molecule has 1 aromatic heterocycles. The maximum absolute atomic E-state index is 12.5. The zero-order valence-corrected chi connectivity index (χ0v) is 15.8. The first-order valence-corrected chi connectivity index (χ1v) is 10.5. The van der Waals surface area contributed by atoms with Crippen molar-refractivity contribution in [3.8, 4) is 0 Å². The van der Waals surface area contributed by atoms with E-state index in [4.69, 9.17) is 0 Å². The molecule has 1 saturated heterocycles. The van der Waals surface area contributed by atoms with Crippen LogP contribution in [0.1, 0.15) is 57.8 Å². The molecule has 0 atom stereocenters. The van der Waals surface area contributed by atoms with Crippen molar-refractivity contribution in [2.75, 3.05) is 13.1 Å². The van der Waals surface area contributed by atoms with E-state index < -0.39 is 0 Å². The number of amides is 1. The zero-order valence-electron chi connectivity index (χ0n) is 15.8. The third-order valence-electron chi connectivity index (χ3n) is 6.44. The highest BCUT2D eigenvalue weighted by Crippen LogP contribution is 2.28. The van der Waals surface area contributed by atoms with Gasteiger partial charge in [-0.1, -0.05) is 44.2 Å². The van der Waals surface area contributed by atoms with Crippen molar-refractivity contribution >= 4 is 16.9 Å². The minimum absolute atomic E-state index is 0.391. The molecule has 4 rings (SSSR count). The van der Waals surface area contributed by atoms with E-state index in [1.54, 1.807) is 0 Å². The highest BCUT2D eigenvalue weighted by atomic mass is 16.2. The summed E-state index contributed by atoms with van der Waals surface area (Å²) in [5.74, 6) is 1.84. The smallest absolute Gasteiger partial charge is 0.222 e. The third-order valence-corrected chi connectivity index (χ3v) is 6.44. The summed E-state index contributed by atoms with van der Waals surface area (Å²) in [7, 11) is 0. The van der Waals surface area contributed by atoms with Gasteiger partial charge in [0.15, 0.2) is 0 Å². The lowest BCUT2D eigenvalue weighted by molar-refractivity contribution is -0.133. The average molecular weight is 354 g/mol. The molecule has 0 bridgehead atoms. The largest absolute Gasteiger partial charge is 0.343 e. The second-order valence-electron chi connectivity index (χ2n) is 8.25. The first-order chi connectivity index (χ1) is 12.8. The van der Waals surface area contributed by atoms with E-state index in [-0.39, 0.29) is 0 Å². The van der Waals surface area contributed by atoms with Crippen LogP contribution in [0.2, 0.25) is 0 Å². The van der Waals surface area contributed by atoms with Crippen LogP contribution >= 0.6 is 0 Å². The van der Waals surface area contributed by atoms with Crippen molar-refractivity contribution in [3.05, 3.63) is 30.6 Å². The van der Waals surface area contributed by atoms with Gasteiger partial charge in [-0.05, 0) is 43.2 Å². The van der Waals surface area contributed by atoms with Crippen LogP contribution in [-0.2, 0) is 11.3 Å². The Morgan fingerprint density at radius 2 is 1.77 bits per heavy atom. The Balaban J connectivity index is 1.24. The molecule has 0 spiro atoms. The molecule has 0 N–H and O–H groups in total. The van der Waals surface area contributed by atoms with Gasteiger partial charge in [0.05, 0.1) is 17.4 Å². The van der Waals surface area contributed by atoms with Gasteiger partial charge in [0.2, 0.25) is 5.91 Å². The Hall–Kier alpha value is -1.84. The lowest BCUT2D eigenvalue weighted by Gasteiger charge is -2.33. The number of fused-ring (bicyclic) bond motifs is 1. The Kier molecular flexibility index (Phi) is 5.57. The third kappa shape index (κ3) is 4.11. The summed E-state index contributed by atoms with van der Waals surface area (Å²) < 4.78 is 2.28. The van der Waals surface area contributed by atoms with E-state index in [0.29, 0.717) is 11.8 Å². The van der Waals surface area contributed by atoms with Crippen molar-refractivity contribution in [3.63, 3.8) is 0 Å². The first kappa shape index (κ1) is 17.6.